The summed E-state index contributed by atoms with van der Waals surface area (Å²) in [6.07, 6.45) is 5.62. The van der Waals surface area contributed by atoms with Gasteiger partial charge < -0.3 is 15.6 Å². The zero-order chi connectivity index (χ0) is 17.3. The Balaban J connectivity index is 1.72. The minimum absolute atomic E-state index is 0.160. The van der Waals surface area contributed by atoms with E-state index in [1.54, 1.807) is 0 Å². The molecule has 1 amide bonds. The number of hydrogen-bond donors (Lipinski definition) is 2. The van der Waals surface area contributed by atoms with E-state index in [1.807, 2.05) is 45.0 Å². The Bertz CT molecular complexity index is 701. The Labute approximate surface area is 143 Å². The van der Waals surface area contributed by atoms with Gasteiger partial charge in [0.1, 0.15) is 5.82 Å². The van der Waals surface area contributed by atoms with Crippen LogP contribution in [0.1, 0.15) is 39.4 Å². The van der Waals surface area contributed by atoms with E-state index >= 15 is 0 Å². The van der Waals surface area contributed by atoms with Crippen LogP contribution in [0, 0.1) is 5.41 Å². The molecule has 0 saturated carbocycles. The third-order valence-corrected chi connectivity index (χ3v) is 4.57. The first-order chi connectivity index (χ1) is 11.3. The largest absolute Gasteiger partial charge is 0.334 e. The molecule has 1 atom stereocenters. The molecule has 0 radical (unpaired) electrons. The number of imidazole rings is 1. The standard InChI is InChI=1S/C19H26N4O/c1-19(2,3)17(20)18(24)21-14-9-7-13(8-10-14)15-12-23-11-5-4-6-16(23)22-15/h7-10,12,17H,4-6,11,20H2,1-3H3,(H,21,24)/t17-/m1/s1. The van der Waals surface area contributed by atoms with E-state index in [4.69, 9.17) is 10.7 Å². The van der Waals surface area contributed by atoms with Crippen LogP contribution in [-0.4, -0.2) is 21.5 Å². The van der Waals surface area contributed by atoms with Gasteiger partial charge in [-0.25, -0.2) is 4.98 Å². The van der Waals surface area contributed by atoms with Crippen molar-refractivity contribution in [2.24, 2.45) is 11.1 Å². The van der Waals surface area contributed by atoms with Crippen LogP contribution in [0.4, 0.5) is 5.69 Å². The van der Waals surface area contributed by atoms with Crippen LogP contribution < -0.4 is 11.1 Å². The maximum Gasteiger partial charge on any atom is 0.241 e. The number of fused-ring (bicyclic) bond motifs is 1. The van der Waals surface area contributed by atoms with Gasteiger partial charge in [0.15, 0.2) is 0 Å². The molecule has 1 aliphatic heterocycles. The molecule has 1 aliphatic rings. The third-order valence-electron chi connectivity index (χ3n) is 4.57. The van der Waals surface area contributed by atoms with Crippen LogP contribution in [0.3, 0.4) is 0 Å². The first kappa shape index (κ1) is 16.7. The second-order valence-corrected chi connectivity index (χ2v) is 7.60. The second kappa shape index (κ2) is 6.40. The van der Waals surface area contributed by atoms with E-state index in [0.29, 0.717) is 0 Å². The normalized spacial score (nSPS) is 15.7. The average Bonchev–Trinajstić information content (AvgIpc) is 2.98. The van der Waals surface area contributed by atoms with Crippen LogP contribution in [0.25, 0.3) is 11.3 Å². The van der Waals surface area contributed by atoms with Crippen LogP contribution in [0.15, 0.2) is 30.5 Å². The minimum atomic E-state index is -0.544. The highest BCUT2D eigenvalue weighted by molar-refractivity contribution is 5.95. The molecule has 128 valence electrons. The number of aryl methyl sites for hydroxylation is 2. The highest BCUT2D eigenvalue weighted by Gasteiger charge is 2.27. The van der Waals surface area contributed by atoms with E-state index in [2.05, 4.69) is 16.1 Å². The van der Waals surface area contributed by atoms with E-state index < -0.39 is 6.04 Å². The molecule has 0 bridgehead atoms. The zero-order valence-electron chi connectivity index (χ0n) is 14.7. The number of anilines is 1. The van der Waals surface area contributed by atoms with E-state index in [0.717, 1.165) is 29.9 Å². The highest BCUT2D eigenvalue weighted by atomic mass is 16.2. The summed E-state index contributed by atoms with van der Waals surface area (Å²) in [5.41, 5.74) is 8.55. The molecule has 1 aromatic heterocycles. The number of carbonyl (C=O) groups excluding carboxylic acids is 1. The number of aromatic nitrogens is 2. The van der Waals surface area contributed by atoms with Gasteiger partial charge in [0.05, 0.1) is 11.7 Å². The van der Waals surface area contributed by atoms with Crippen molar-refractivity contribution in [3.05, 3.63) is 36.3 Å². The Hall–Kier alpha value is -2.14. The lowest BCUT2D eigenvalue weighted by molar-refractivity contribution is -0.119. The molecule has 0 unspecified atom stereocenters. The van der Waals surface area contributed by atoms with Gasteiger partial charge in [0.25, 0.3) is 0 Å². The summed E-state index contributed by atoms with van der Waals surface area (Å²) < 4.78 is 2.25. The maximum atomic E-state index is 12.2. The van der Waals surface area contributed by atoms with Gasteiger partial charge in [0, 0.05) is 30.4 Å². The average molecular weight is 326 g/mol. The molecular weight excluding hydrogens is 300 g/mol. The Kier molecular flexibility index (Phi) is 4.45. The first-order valence-corrected chi connectivity index (χ1v) is 8.57. The van der Waals surface area contributed by atoms with Crippen LogP contribution in [0.2, 0.25) is 0 Å². The summed E-state index contributed by atoms with van der Waals surface area (Å²) in [5, 5.41) is 2.89. The molecule has 24 heavy (non-hydrogen) atoms. The quantitative estimate of drug-likeness (QED) is 0.909. The van der Waals surface area contributed by atoms with Gasteiger partial charge in [-0.15, -0.1) is 0 Å². The Morgan fingerprint density at radius 3 is 2.58 bits per heavy atom. The number of benzene rings is 1. The number of amides is 1. The minimum Gasteiger partial charge on any atom is -0.334 e. The van der Waals surface area contributed by atoms with Crippen molar-refractivity contribution >= 4 is 11.6 Å². The summed E-state index contributed by atoms with van der Waals surface area (Å²) in [6.45, 7) is 6.93. The van der Waals surface area contributed by atoms with E-state index in [-0.39, 0.29) is 11.3 Å². The number of nitrogens with one attached hydrogen (secondary N) is 1. The van der Waals surface area contributed by atoms with Gasteiger partial charge in [-0.1, -0.05) is 32.9 Å². The summed E-state index contributed by atoms with van der Waals surface area (Å²) in [7, 11) is 0. The van der Waals surface area contributed by atoms with Crippen LogP contribution in [0.5, 0.6) is 0 Å². The Morgan fingerprint density at radius 1 is 1.25 bits per heavy atom. The lowest BCUT2D eigenvalue weighted by Crippen LogP contribution is -2.45. The summed E-state index contributed by atoms with van der Waals surface area (Å²) in [6, 6.07) is 7.25. The third kappa shape index (κ3) is 3.51. The van der Waals surface area contributed by atoms with Crippen molar-refractivity contribution in [1.29, 1.82) is 0 Å². The summed E-state index contributed by atoms with van der Waals surface area (Å²) in [5.74, 6) is 1.01. The molecule has 0 fully saturated rings. The fraction of sp³-hybridized carbons (Fsp3) is 0.474. The number of carbonyl (C=O) groups is 1. The van der Waals surface area contributed by atoms with Crippen molar-refractivity contribution < 1.29 is 4.79 Å². The smallest absolute Gasteiger partial charge is 0.241 e. The van der Waals surface area contributed by atoms with Crippen LogP contribution >= 0.6 is 0 Å². The molecule has 0 spiro atoms. The van der Waals surface area contributed by atoms with E-state index in [9.17, 15) is 4.79 Å². The number of rotatable bonds is 3. The zero-order valence-corrected chi connectivity index (χ0v) is 14.7. The van der Waals surface area contributed by atoms with Crippen LogP contribution in [-0.2, 0) is 17.8 Å². The molecule has 0 aliphatic carbocycles. The van der Waals surface area contributed by atoms with Crippen molar-refractivity contribution in [2.75, 3.05) is 5.32 Å². The van der Waals surface area contributed by atoms with Crippen molar-refractivity contribution in [3.8, 4) is 11.3 Å². The fourth-order valence-corrected chi connectivity index (χ4v) is 2.89. The second-order valence-electron chi connectivity index (χ2n) is 7.60. The maximum absolute atomic E-state index is 12.2. The monoisotopic (exact) mass is 326 g/mol. The highest BCUT2D eigenvalue weighted by Crippen LogP contribution is 2.24. The summed E-state index contributed by atoms with van der Waals surface area (Å²) >= 11 is 0. The Morgan fingerprint density at radius 2 is 1.96 bits per heavy atom. The predicted molar refractivity (Wildman–Crippen MR) is 96.7 cm³/mol. The van der Waals surface area contributed by atoms with E-state index in [1.165, 1.54) is 18.7 Å². The molecule has 2 aromatic rings. The van der Waals surface area contributed by atoms with Gasteiger partial charge in [-0.05, 0) is 30.4 Å². The molecule has 1 aromatic carbocycles. The van der Waals surface area contributed by atoms with Gasteiger partial charge in [0.2, 0.25) is 5.91 Å². The molecular formula is C19H26N4O. The molecule has 5 nitrogen and oxygen atoms in total. The van der Waals surface area contributed by atoms with Gasteiger partial charge in [-0.2, -0.15) is 0 Å². The molecule has 3 rings (SSSR count). The SMILES string of the molecule is CC(C)(C)[C@H](N)C(=O)Nc1ccc(-c2cn3c(n2)CCCC3)cc1. The first-order valence-electron chi connectivity index (χ1n) is 8.57. The molecule has 5 heteroatoms. The number of nitrogens with two attached hydrogens (primary N) is 1. The van der Waals surface area contributed by atoms with Gasteiger partial charge >= 0.3 is 0 Å². The molecule has 0 saturated heterocycles. The fourth-order valence-electron chi connectivity index (χ4n) is 2.89. The predicted octanol–water partition coefficient (Wildman–Crippen LogP) is 3.20. The molecule has 2 heterocycles. The lowest BCUT2D eigenvalue weighted by atomic mass is 9.87. The lowest BCUT2D eigenvalue weighted by Gasteiger charge is -2.25. The number of hydrogen-bond acceptors (Lipinski definition) is 3. The molecule has 3 N–H and O–H groups in total. The van der Waals surface area contributed by atoms with Crippen molar-refractivity contribution in [1.82, 2.24) is 9.55 Å². The van der Waals surface area contributed by atoms with Gasteiger partial charge in [-0.3, -0.25) is 4.79 Å². The summed E-state index contributed by atoms with van der Waals surface area (Å²) in [4.78, 5) is 16.9. The van der Waals surface area contributed by atoms with Crippen molar-refractivity contribution in [2.45, 2.75) is 52.6 Å². The topological polar surface area (TPSA) is 72.9 Å². The number of nitrogens with zero attached hydrogens (tertiary/aromatic N) is 2. The van der Waals surface area contributed by atoms with Crippen molar-refractivity contribution in [3.63, 3.8) is 0 Å².